The maximum absolute atomic E-state index is 12.4. The lowest BCUT2D eigenvalue weighted by Crippen LogP contribution is -2.44. The van der Waals surface area contributed by atoms with Crippen LogP contribution in [0.25, 0.3) is 21.7 Å². The minimum Gasteiger partial charge on any atom is -0.423 e. The van der Waals surface area contributed by atoms with Gasteiger partial charge >= 0.3 is 5.63 Å². The SMILES string of the molecule is CC1(C)C(C#N)=C(SCc2cc(=O)oc3ccc4ccccc4c23)NC(=O)[C@H]1C#N. The van der Waals surface area contributed by atoms with E-state index >= 15 is 0 Å². The molecule has 0 aliphatic carbocycles. The standard InChI is InChI=1S/C23H17N3O3S/c1-23(2)16(10-24)21(28)26-22(17(23)11-25)30-12-14-9-19(27)29-18-8-7-13-5-3-4-6-15(13)20(14)18/h3-9,16H,12H2,1-2H3,(H,26,28)/t16-/m1/s1. The number of carbonyl (C=O) groups is 1. The van der Waals surface area contributed by atoms with Crippen molar-refractivity contribution in [3.05, 3.63) is 69.1 Å². The maximum atomic E-state index is 12.4. The Hall–Kier alpha value is -3.55. The van der Waals surface area contributed by atoms with Crippen molar-refractivity contribution in [2.45, 2.75) is 19.6 Å². The number of nitriles is 2. The Kier molecular flexibility index (Phi) is 4.85. The highest BCUT2D eigenvalue weighted by Gasteiger charge is 2.44. The molecule has 0 spiro atoms. The van der Waals surface area contributed by atoms with E-state index in [1.54, 1.807) is 19.9 Å². The predicted molar refractivity (Wildman–Crippen MR) is 115 cm³/mol. The predicted octanol–water partition coefficient (Wildman–Crippen LogP) is 4.21. The highest BCUT2D eigenvalue weighted by molar-refractivity contribution is 8.02. The van der Waals surface area contributed by atoms with Crippen LogP contribution in [0.3, 0.4) is 0 Å². The number of nitrogens with one attached hydrogen (secondary N) is 1. The lowest BCUT2D eigenvalue weighted by Gasteiger charge is -2.34. The van der Waals surface area contributed by atoms with E-state index in [0.717, 1.165) is 21.7 Å². The van der Waals surface area contributed by atoms with Crippen LogP contribution in [0.1, 0.15) is 19.4 Å². The molecule has 1 amide bonds. The first-order valence-electron chi connectivity index (χ1n) is 9.29. The van der Waals surface area contributed by atoms with Crippen LogP contribution < -0.4 is 10.9 Å². The number of thioether (sulfide) groups is 1. The molecule has 0 saturated carbocycles. The number of nitrogens with zero attached hydrogens (tertiary/aromatic N) is 2. The van der Waals surface area contributed by atoms with Gasteiger partial charge in [-0.1, -0.05) is 44.2 Å². The molecule has 4 rings (SSSR count). The molecule has 30 heavy (non-hydrogen) atoms. The van der Waals surface area contributed by atoms with E-state index in [1.165, 1.54) is 17.8 Å². The molecular weight excluding hydrogens is 398 g/mol. The first-order valence-corrected chi connectivity index (χ1v) is 10.3. The summed E-state index contributed by atoms with van der Waals surface area (Å²) >= 11 is 1.27. The van der Waals surface area contributed by atoms with Gasteiger partial charge in [0.2, 0.25) is 5.91 Å². The first kappa shape index (κ1) is 19.8. The van der Waals surface area contributed by atoms with E-state index in [1.807, 2.05) is 36.4 Å². The van der Waals surface area contributed by atoms with Gasteiger partial charge in [0.15, 0.2) is 0 Å². The monoisotopic (exact) mass is 415 g/mol. The molecule has 148 valence electrons. The molecule has 1 aromatic heterocycles. The minimum absolute atomic E-state index is 0.351. The van der Waals surface area contributed by atoms with Crippen LogP contribution in [0.4, 0.5) is 0 Å². The fourth-order valence-corrected chi connectivity index (χ4v) is 4.97. The van der Waals surface area contributed by atoms with Crippen molar-refractivity contribution in [3.8, 4) is 12.1 Å². The largest absolute Gasteiger partial charge is 0.423 e. The van der Waals surface area contributed by atoms with Gasteiger partial charge in [-0.2, -0.15) is 10.5 Å². The van der Waals surface area contributed by atoms with E-state index in [9.17, 15) is 20.1 Å². The number of amides is 1. The zero-order valence-corrected chi connectivity index (χ0v) is 17.2. The van der Waals surface area contributed by atoms with Crippen molar-refractivity contribution in [2.75, 3.05) is 0 Å². The van der Waals surface area contributed by atoms with Gasteiger partial charge in [0.1, 0.15) is 11.5 Å². The number of allylic oxidation sites excluding steroid dienone is 1. The van der Waals surface area contributed by atoms with Crippen LogP contribution in [0.5, 0.6) is 0 Å². The Labute approximate surface area is 176 Å². The third-order valence-corrected chi connectivity index (χ3v) is 6.47. The lowest BCUT2D eigenvalue weighted by molar-refractivity contribution is -0.125. The van der Waals surface area contributed by atoms with E-state index < -0.39 is 22.9 Å². The summed E-state index contributed by atoms with van der Waals surface area (Å²) in [6, 6.07) is 17.1. The molecule has 6 nitrogen and oxygen atoms in total. The van der Waals surface area contributed by atoms with Gasteiger partial charge in [0.25, 0.3) is 0 Å². The fourth-order valence-electron chi connectivity index (χ4n) is 3.82. The molecule has 3 aromatic rings. The maximum Gasteiger partial charge on any atom is 0.336 e. The van der Waals surface area contributed by atoms with E-state index in [4.69, 9.17) is 4.42 Å². The van der Waals surface area contributed by atoms with Crippen molar-refractivity contribution in [1.82, 2.24) is 5.32 Å². The number of hydrogen-bond acceptors (Lipinski definition) is 6. The number of rotatable bonds is 3. The molecule has 2 aromatic carbocycles. The van der Waals surface area contributed by atoms with Crippen molar-refractivity contribution < 1.29 is 9.21 Å². The average Bonchev–Trinajstić information content (AvgIpc) is 2.71. The van der Waals surface area contributed by atoms with Crippen molar-refractivity contribution in [1.29, 1.82) is 10.5 Å². The van der Waals surface area contributed by atoms with Crippen LogP contribution in [-0.2, 0) is 10.5 Å². The van der Waals surface area contributed by atoms with Gasteiger partial charge in [-0.05, 0) is 22.4 Å². The van der Waals surface area contributed by atoms with Crippen LogP contribution in [-0.4, -0.2) is 5.91 Å². The zero-order valence-electron chi connectivity index (χ0n) is 16.4. The van der Waals surface area contributed by atoms with Gasteiger partial charge in [-0.25, -0.2) is 4.79 Å². The molecule has 1 aliphatic rings. The van der Waals surface area contributed by atoms with Crippen LogP contribution in [0.15, 0.2) is 62.3 Å². The fraction of sp³-hybridized carbons (Fsp3) is 0.217. The number of fused-ring (bicyclic) bond motifs is 3. The molecular formula is C23H17N3O3S. The molecule has 0 unspecified atom stereocenters. The molecule has 2 heterocycles. The van der Waals surface area contributed by atoms with Crippen molar-refractivity contribution in [3.63, 3.8) is 0 Å². The average molecular weight is 415 g/mol. The van der Waals surface area contributed by atoms with Gasteiger partial charge in [-0.15, -0.1) is 11.8 Å². The number of hydrogen-bond donors (Lipinski definition) is 1. The zero-order chi connectivity index (χ0) is 21.5. The van der Waals surface area contributed by atoms with Gasteiger partial charge < -0.3 is 9.73 Å². The summed E-state index contributed by atoms with van der Waals surface area (Å²) in [6.07, 6.45) is 0. The first-order chi connectivity index (χ1) is 14.4. The van der Waals surface area contributed by atoms with Crippen molar-refractivity contribution in [2.24, 2.45) is 11.3 Å². The topological polar surface area (TPSA) is 107 Å². The van der Waals surface area contributed by atoms with Crippen LogP contribution in [0, 0.1) is 34.0 Å². The Morgan fingerprint density at radius 1 is 1.17 bits per heavy atom. The quantitative estimate of drug-likeness (QED) is 0.507. The third kappa shape index (κ3) is 3.14. The minimum atomic E-state index is -0.940. The van der Waals surface area contributed by atoms with Gasteiger partial charge in [0, 0.05) is 22.6 Å². The Morgan fingerprint density at radius 3 is 2.67 bits per heavy atom. The normalized spacial score (nSPS) is 18.1. The second kappa shape index (κ2) is 7.37. The summed E-state index contributed by atoms with van der Waals surface area (Å²) in [6.45, 7) is 3.44. The Balaban J connectivity index is 1.81. The van der Waals surface area contributed by atoms with Gasteiger partial charge in [0.05, 0.1) is 22.7 Å². The highest BCUT2D eigenvalue weighted by Crippen LogP contribution is 2.42. The Morgan fingerprint density at radius 2 is 1.93 bits per heavy atom. The second-order valence-corrected chi connectivity index (χ2v) is 8.61. The Bertz CT molecular complexity index is 1370. The highest BCUT2D eigenvalue weighted by atomic mass is 32.2. The summed E-state index contributed by atoms with van der Waals surface area (Å²) in [4.78, 5) is 24.5. The summed E-state index contributed by atoms with van der Waals surface area (Å²) < 4.78 is 5.39. The summed E-state index contributed by atoms with van der Waals surface area (Å²) in [5.41, 5.74) is 0.237. The van der Waals surface area contributed by atoms with Crippen LogP contribution >= 0.6 is 11.8 Å². The summed E-state index contributed by atoms with van der Waals surface area (Å²) in [5, 5.41) is 25.0. The van der Waals surface area contributed by atoms with E-state index in [-0.39, 0.29) is 0 Å². The molecule has 1 atom stereocenters. The molecule has 0 fully saturated rings. The number of benzene rings is 2. The third-order valence-electron chi connectivity index (χ3n) is 5.42. The molecule has 0 radical (unpaired) electrons. The van der Waals surface area contributed by atoms with Gasteiger partial charge in [-0.3, -0.25) is 4.79 Å². The van der Waals surface area contributed by atoms with Crippen molar-refractivity contribution >= 4 is 39.4 Å². The molecule has 1 aliphatic heterocycles. The lowest BCUT2D eigenvalue weighted by atomic mass is 9.72. The smallest absolute Gasteiger partial charge is 0.336 e. The second-order valence-electron chi connectivity index (χ2n) is 7.63. The molecule has 7 heteroatoms. The summed E-state index contributed by atoms with van der Waals surface area (Å²) in [5.74, 6) is -1.01. The molecule has 0 bridgehead atoms. The molecule has 1 N–H and O–H groups in total. The van der Waals surface area contributed by atoms with Crippen LogP contribution in [0.2, 0.25) is 0 Å². The summed E-state index contributed by atoms with van der Waals surface area (Å²) in [7, 11) is 0. The van der Waals surface area contributed by atoms with E-state index in [0.29, 0.717) is 21.9 Å². The van der Waals surface area contributed by atoms with E-state index in [2.05, 4.69) is 11.4 Å². The molecule has 0 saturated heterocycles. The number of carbonyl (C=O) groups excluding carboxylic acids is 1.